The summed E-state index contributed by atoms with van der Waals surface area (Å²) in [6, 6.07) is 8.92. The van der Waals surface area contributed by atoms with Gasteiger partial charge in [-0.2, -0.15) is 13.2 Å². The van der Waals surface area contributed by atoms with Gasteiger partial charge in [0.1, 0.15) is 5.02 Å². The molecule has 0 bridgehead atoms. The summed E-state index contributed by atoms with van der Waals surface area (Å²) in [6.45, 7) is -0.481. The minimum absolute atomic E-state index is 0.129. The maximum absolute atomic E-state index is 12.3. The van der Waals surface area contributed by atoms with Gasteiger partial charge in [0.15, 0.2) is 6.61 Å². The predicted octanol–water partition coefficient (Wildman–Crippen LogP) is 3.67. The number of nitrogens with zero attached hydrogens (tertiary/aromatic N) is 2. The lowest BCUT2D eigenvalue weighted by Gasteiger charge is -2.15. The molecule has 0 aliphatic rings. The lowest BCUT2D eigenvalue weighted by atomic mass is 10.1. The van der Waals surface area contributed by atoms with E-state index >= 15 is 0 Å². The van der Waals surface area contributed by atoms with Crippen LogP contribution in [0.5, 0.6) is 5.88 Å². The van der Waals surface area contributed by atoms with Crippen molar-refractivity contribution in [3.63, 3.8) is 0 Å². The monoisotopic (exact) mass is 401 g/mol. The molecule has 1 amide bonds. The Morgan fingerprint density at radius 1 is 1.26 bits per heavy atom. The Morgan fingerprint density at radius 2 is 1.93 bits per heavy atom. The van der Waals surface area contributed by atoms with Crippen LogP contribution in [0.15, 0.2) is 36.5 Å². The number of benzene rings is 1. The summed E-state index contributed by atoms with van der Waals surface area (Å²) >= 11 is 5.86. The highest BCUT2D eigenvalue weighted by Crippen LogP contribution is 2.25. The fraction of sp³-hybridized carbons (Fsp3) is 0.333. The van der Waals surface area contributed by atoms with E-state index in [9.17, 15) is 18.0 Å². The second kappa shape index (κ2) is 9.05. The van der Waals surface area contributed by atoms with Crippen LogP contribution < -0.4 is 10.1 Å². The second-order valence-electron chi connectivity index (χ2n) is 6.10. The molecule has 1 N–H and O–H groups in total. The molecule has 0 spiro atoms. The van der Waals surface area contributed by atoms with Crippen LogP contribution in [0.1, 0.15) is 21.5 Å². The molecular formula is C18H19ClF3N3O2. The van der Waals surface area contributed by atoms with Crippen molar-refractivity contribution in [2.45, 2.75) is 19.3 Å². The first-order valence-corrected chi connectivity index (χ1v) is 8.38. The van der Waals surface area contributed by atoms with Crippen molar-refractivity contribution in [1.29, 1.82) is 0 Å². The molecule has 0 unspecified atom stereocenters. The van der Waals surface area contributed by atoms with Gasteiger partial charge in [-0.05, 0) is 31.3 Å². The number of carbonyl (C=O) groups is 1. The third-order valence-electron chi connectivity index (χ3n) is 3.49. The molecule has 0 atom stereocenters. The van der Waals surface area contributed by atoms with Gasteiger partial charge in [0.25, 0.3) is 5.91 Å². The Labute approximate surface area is 160 Å². The Hall–Kier alpha value is -2.32. The van der Waals surface area contributed by atoms with Gasteiger partial charge in [0.05, 0.1) is 5.56 Å². The van der Waals surface area contributed by atoms with Crippen LogP contribution in [0.3, 0.4) is 0 Å². The zero-order valence-corrected chi connectivity index (χ0v) is 15.6. The molecule has 146 valence electrons. The zero-order chi connectivity index (χ0) is 20.0. The first-order chi connectivity index (χ1) is 12.7. The van der Waals surface area contributed by atoms with Crippen LogP contribution in [0.2, 0.25) is 5.02 Å². The number of amides is 1. The first kappa shape index (κ1) is 21.0. The van der Waals surface area contributed by atoms with Gasteiger partial charge < -0.3 is 15.0 Å². The maximum Gasteiger partial charge on any atom is 0.422 e. The fourth-order valence-electron chi connectivity index (χ4n) is 2.31. The van der Waals surface area contributed by atoms with Gasteiger partial charge in [-0.15, -0.1) is 0 Å². The smallest absolute Gasteiger partial charge is 0.422 e. The van der Waals surface area contributed by atoms with E-state index in [0.29, 0.717) is 6.54 Å². The molecule has 2 aromatic rings. The van der Waals surface area contributed by atoms with E-state index < -0.39 is 18.7 Å². The normalized spacial score (nSPS) is 11.5. The topological polar surface area (TPSA) is 54.5 Å². The third kappa shape index (κ3) is 6.73. The molecule has 0 saturated heterocycles. The molecule has 0 radical (unpaired) electrons. The van der Waals surface area contributed by atoms with Crippen molar-refractivity contribution in [2.24, 2.45) is 0 Å². The average molecular weight is 402 g/mol. The Kier molecular flexibility index (Phi) is 7.04. The van der Waals surface area contributed by atoms with E-state index in [4.69, 9.17) is 11.6 Å². The molecule has 5 nitrogen and oxygen atoms in total. The van der Waals surface area contributed by atoms with Crippen LogP contribution in [-0.2, 0) is 13.1 Å². The molecule has 0 saturated carbocycles. The molecule has 0 fully saturated rings. The number of aromatic nitrogens is 1. The summed E-state index contributed by atoms with van der Waals surface area (Å²) in [6.07, 6.45) is -3.38. The highest BCUT2D eigenvalue weighted by Gasteiger charge is 2.29. The summed E-state index contributed by atoms with van der Waals surface area (Å²) < 4.78 is 41.1. The molecule has 9 heteroatoms. The number of ether oxygens (including phenoxy) is 1. The summed E-state index contributed by atoms with van der Waals surface area (Å²) in [5, 5.41) is 2.59. The fourth-order valence-corrected chi connectivity index (χ4v) is 2.53. The molecule has 2 rings (SSSR count). The Balaban J connectivity index is 2.02. The van der Waals surface area contributed by atoms with Crippen LogP contribution >= 0.6 is 11.6 Å². The van der Waals surface area contributed by atoms with E-state index in [-0.39, 0.29) is 16.5 Å². The number of halogens is 4. The maximum atomic E-state index is 12.3. The lowest BCUT2D eigenvalue weighted by molar-refractivity contribution is -0.154. The summed E-state index contributed by atoms with van der Waals surface area (Å²) in [4.78, 5) is 18.0. The van der Waals surface area contributed by atoms with Crippen LogP contribution in [0.25, 0.3) is 0 Å². The van der Waals surface area contributed by atoms with Crippen LogP contribution in [0.4, 0.5) is 13.2 Å². The highest BCUT2D eigenvalue weighted by atomic mass is 35.5. The standard InChI is InChI=1S/C18H19ClF3N3O2/c1-25(2)10-13-6-4-3-5-12(13)8-23-16(26)14-7-15(19)17(24-9-14)27-11-18(20,21)22/h3-7,9H,8,10-11H2,1-2H3,(H,23,26). The van der Waals surface area contributed by atoms with Gasteiger partial charge in [-0.3, -0.25) is 4.79 Å². The molecule has 1 heterocycles. The number of nitrogens with one attached hydrogen (secondary N) is 1. The minimum atomic E-state index is -4.50. The van der Waals surface area contributed by atoms with Crippen molar-refractivity contribution in [3.8, 4) is 5.88 Å². The predicted molar refractivity (Wildman–Crippen MR) is 95.8 cm³/mol. The number of carbonyl (C=O) groups excluding carboxylic acids is 1. The van der Waals surface area contributed by atoms with Crippen molar-refractivity contribution in [3.05, 3.63) is 58.2 Å². The number of alkyl halides is 3. The van der Waals surface area contributed by atoms with E-state index in [1.165, 1.54) is 6.07 Å². The Bertz CT molecular complexity index is 798. The number of rotatable bonds is 7. The number of hydrogen-bond acceptors (Lipinski definition) is 4. The summed E-state index contributed by atoms with van der Waals surface area (Å²) in [5.74, 6) is -0.812. The molecule has 1 aromatic heterocycles. The van der Waals surface area contributed by atoms with Crippen molar-refractivity contribution in [2.75, 3.05) is 20.7 Å². The molecular weight excluding hydrogens is 383 g/mol. The first-order valence-electron chi connectivity index (χ1n) is 8.00. The number of pyridine rings is 1. The van der Waals surface area contributed by atoms with E-state index in [0.717, 1.165) is 23.9 Å². The Morgan fingerprint density at radius 3 is 2.52 bits per heavy atom. The molecule has 0 aliphatic heterocycles. The summed E-state index contributed by atoms with van der Waals surface area (Å²) in [7, 11) is 3.90. The highest BCUT2D eigenvalue weighted by molar-refractivity contribution is 6.32. The second-order valence-corrected chi connectivity index (χ2v) is 6.51. The van der Waals surface area contributed by atoms with Gasteiger partial charge in [0.2, 0.25) is 5.88 Å². The van der Waals surface area contributed by atoms with Crippen LogP contribution in [-0.4, -0.2) is 42.7 Å². The quantitative estimate of drug-likeness (QED) is 0.769. The third-order valence-corrected chi connectivity index (χ3v) is 3.76. The van der Waals surface area contributed by atoms with Gasteiger partial charge >= 0.3 is 6.18 Å². The molecule has 1 aromatic carbocycles. The lowest BCUT2D eigenvalue weighted by Crippen LogP contribution is -2.24. The molecule has 27 heavy (non-hydrogen) atoms. The van der Waals surface area contributed by atoms with Gasteiger partial charge in [0, 0.05) is 19.3 Å². The van der Waals surface area contributed by atoms with Gasteiger partial charge in [-0.25, -0.2) is 4.98 Å². The average Bonchev–Trinajstić information content (AvgIpc) is 2.58. The van der Waals surface area contributed by atoms with E-state index in [1.54, 1.807) is 0 Å². The number of hydrogen-bond donors (Lipinski definition) is 1. The van der Waals surface area contributed by atoms with Crippen molar-refractivity contribution >= 4 is 17.5 Å². The van der Waals surface area contributed by atoms with E-state index in [1.807, 2.05) is 43.3 Å². The van der Waals surface area contributed by atoms with Crippen LogP contribution in [0, 0.1) is 0 Å². The van der Waals surface area contributed by atoms with Crippen molar-refractivity contribution < 1.29 is 22.7 Å². The van der Waals surface area contributed by atoms with Crippen molar-refractivity contribution in [1.82, 2.24) is 15.2 Å². The SMILES string of the molecule is CN(C)Cc1ccccc1CNC(=O)c1cnc(OCC(F)(F)F)c(Cl)c1. The van der Waals surface area contributed by atoms with Gasteiger partial charge in [-0.1, -0.05) is 35.9 Å². The largest absolute Gasteiger partial charge is 0.467 e. The zero-order valence-electron chi connectivity index (χ0n) is 14.8. The minimum Gasteiger partial charge on any atom is -0.467 e. The van der Waals surface area contributed by atoms with E-state index in [2.05, 4.69) is 15.0 Å². The molecule has 0 aliphatic carbocycles. The summed E-state index contributed by atoms with van der Waals surface area (Å²) in [5.41, 5.74) is 2.17.